The molecule has 2 heterocycles. The lowest BCUT2D eigenvalue weighted by atomic mass is 10.2. The minimum Gasteiger partial charge on any atom is -0.354 e. The predicted molar refractivity (Wildman–Crippen MR) is 65.2 cm³/mol. The first-order chi connectivity index (χ1) is 8.49. The van der Waals surface area contributed by atoms with Crippen molar-refractivity contribution in [1.29, 1.82) is 0 Å². The summed E-state index contributed by atoms with van der Waals surface area (Å²) in [6, 6.07) is 1.48. The van der Waals surface area contributed by atoms with E-state index in [0.717, 1.165) is 4.57 Å². The molecule has 18 heavy (non-hydrogen) atoms. The summed E-state index contributed by atoms with van der Waals surface area (Å²) in [5, 5.41) is 5.87. The first kappa shape index (κ1) is 12.6. The van der Waals surface area contributed by atoms with E-state index in [-0.39, 0.29) is 23.2 Å². The normalized spacial score (nSPS) is 19.0. The van der Waals surface area contributed by atoms with E-state index >= 15 is 0 Å². The average Bonchev–Trinajstić information content (AvgIpc) is 2.75. The van der Waals surface area contributed by atoms with Gasteiger partial charge in [-0.05, 0) is 0 Å². The van der Waals surface area contributed by atoms with Crippen molar-refractivity contribution < 1.29 is 4.79 Å². The van der Waals surface area contributed by atoms with Crippen LogP contribution in [0.2, 0.25) is 0 Å². The lowest BCUT2D eigenvalue weighted by Crippen LogP contribution is -2.40. The Bertz CT molecular complexity index is 587. The standard InChI is InChI=1S/C11H16N4O3/c1-14-8(4-10(17)15(2)11(14)18)6-12-7-3-9(16)13-5-7/h4,7,12H,3,5-6H2,1-2H3,(H,13,16). The Morgan fingerprint density at radius 1 is 1.33 bits per heavy atom. The van der Waals surface area contributed by atoms with Crippen LogP contribution in [0.1, 0.15) is 12.1 Å². The molecule has 98 valence electrons. The molecular weight excluding hydrogens is 236 g/mol. The second-order valence-electron chi connectivity index (χ2n) is 4.46. The summed E-state index contributed by atoms with van der Waals surface area (Å²) in [6.45, 7) is 0.971. The smallest absolute Gasteiger partial charge is 0.330 e. The zero-order valence-electron chi connectivity index (χ0n) is 10.4. The van der Waals surface area contributed by atoms with Gasteiger partial charge < -0.3 is 10.6 Å². The van der Waals surface area contributed by atoms with Gasteiger partial charge in [0.15, 0.2) is 0 Å². The highest BCUT2D eigenvalue weighted by Crippen LogP contribution is 2.00. The number of nitrogens with one attached hydrogen (secondary N) is 2. The van der Waals surface area contributed by atoms with Gasteiger partial charge in [0, 0.05) is 51.4 Å². The number of rotatable bonds is 3. The Kier molecular flexibility index (Phi) is 3.33. The first-order valence-corrected chi connectivity index (χ1v) is 5.75. The topological polar surface area (TPSA) is 85.1 Å². The minimum absolute atomic E-state index is 0.0189. The van der Waals surface area contributed by atoms with Crippen LogP contribution < -0.4 is 21.9 Å². The van der Waals surface area contributed by atoms with E-state index in [4.69, 9.17) is 0 Å². The fraction of sp³-hybridized carbons (Fsp3) is 0.545. The van der Waals surface area contributed by atoms with Crippen molar-refractivity contribution in [3.8, 4) is 0 Å². The molecule has 1 amide bonds. The molecule has 7 nitrogen and oxygen atoms in total. The van der Waals surface area contributed by atoms with E-state index in [1.807, 2.05) is 0 Å². The third kappa shape index (κ3) is 2.35. The van der Waals surface area contributed by atoms with Crippen molar-refractivity contribution in [3.63, 3.8) is 0 Å². The maximum absolute atomic E-state index is 11.7. The van der Waals surface area contributed by atoms with Crippen LogP contribution >= 0.6 is 0 Å². The Hall–Kier alpha value is -1.89. The Morgan fingerprint density at radius 2 is 2.06 bits per heavy atom. The molecule has 1 aromatic rings. The van der Waals surface area contributed by atoms with Gasteiger partial charge in [-0.15, -0.1) is 0 Å². The highest BCUT2D eigenvalue weighted by atomic mass is 16.2. The molecule has 1 atom stereocenters. The predicted octanol–water partition coefficient (Wildman–Crippen LogP) is -1.94. The van der Waals surface area contributed by atoms with Gasteiger partial charge in [0.05, 0.1) is 0 Å². The lowest BCUT2D eigenvalue weighted by molar-refractivity contribution is -0.119. The molecule has 1 aliphatic rings. The molecule has 1 saturated heterocycles. The summed E-state index contributed by atoms with van der Waals surface area (Å²) in [5.74, 6) is 0.0189. The zero-order valence-corrected chi connectivity index (χ0v) is 10.4. The van der Waals surface area contributed by atoms with E-state index in [2.05, 4.69) is 10.6 Å². The van der Waals surface area contributed by atoms with E-state index < -0.39 is 0 Å². The molecule has 0 bridgehead atoms. The molecule has 0 aromatic carbocycles. The molecule has 7 heteroatoms. The van der Waals surface area contributed by atoms with Crippen molar-refractivity contribution >= 4 is 5.91 Å². The van der Waals surface area contributed by atoms with Crippen LogP contribution in [0.3, 0.4) is 0 Å². The van der Waals surface area contributed by atoms with Crippen LogP contribution in [0.5, 0.6) is 0 Å². The van der Waals surface area contributed by atoms with Gasteiger partial charge in [0.25, 0.3) is 5.56 Å². The molecule has 2 rings (SSSR count). The molecule has 0 spiro atoms. The number of nitrogens with zero attached hydrogens (tertiary/aromatic N) is 2. The van der Waals surface area contributed by atoms with Crippen LogP contribution in [0.15, 0.2) is 15.7 Å². The summed E-state index contributed by atoms with van der Waals surface area (Å²) in [5.41, 5.74) is -0.0575. The second-order valence-corrected chi connectivity index (χ2v) is 4.46. The number of hydrogen-bond acceptors (Lipinski definition) is 4. The molecule has 1 aromatic heterocycles. The summed E-state index contributed by atoms with van der Waals surface area (Å²) in [4.78, 5) is 34.2. The quantitative estimate of drug-likeness (QED) is 0.655. The third-order valence-electron chi connectivity index (χ3n) is 3.17. The molecular formula is C11H16N4O3. The number of carbonyl (C=O) groups is 1. The second kappa shape index (κ2) is 4.77. The van der Waals surface area contributed by atoms with E-state index in [1.165, 1.54) is 17.7 Å². The lowest BCUT2D eigenvalue weighted by Gasteiger charge is -2.13. The maximum atomic E-state index is 11.7. The fourth-order valence-corrected chi connectivity index (χ4v) is 1.95. The van der Waals surface area contributed by atoms with Crippen molar-refractivity contribution in [2.45, 2.75) is 19.0 Å². The van der Waals surface area contributed by atoms with Gasteiger partial charge in [0.2, 0.25) is 5.91 Å². The maximum Gasteiger partial charge on any atom is 0.330 e. The number of aromatic nitrogens is 2. The third-order valence-corrected chi connectivity index (χ3v) is 3.17. The highest BCUT2D eigenvalue weighted by Gasteiger charge is 2.20. The van der Waals surface area contributed by atoms with Gasteiger partial charge in [-0.25, -0.2) is 4.79 Å². The van der Waals surface area contributed by atoms with Gasteiger partial charge in [-0.1, -0.05) is 0 Å². The van der Waals surface area contributed by atoms with Crippen LogP contribution in [-0.4, -0.2) is 27.6 Å². The van der Waals surface area contributed by atoms with E-state index in [1.54, 1.807) is 7.05 Å². The van der Waals surface area contributed by atoms with Crippen LogP contribution in [-0.2, 0) is 25.4 Å². The summed E-state index contributed by atoms with van der Waals surface area (Å²) in [7, 11) is 3.07. The SMILES string of the molecule is Cn1c(CNC2CNC(=O)C2)cc(=O)n(C)c1=O. The zero-order chi connectivity index (χ0) is 13.3. The fourth-order valence-electron chi connectivity index (χ4n) is 1.95. The minimum atomic E-state index is -0.347. The Labute approximate surface area is 103 Å². The van der Waals surface area contributed by atoms with Crippen LogP contribution in [0.4, 0.5) is 0 Å². The number of amides is 1. The molecule has 0 aliphatic carbocycles. The van der Waals surface area contributed by atoms with Gasteiger partial charge >= 0.3 is 5.69 Å². The average molecular weight is 252 g/mol. The summed E-state index contributed by atoms with van der Waals surface area (Å²) in [6.07, 6.45) is 0.429. The molecule has 1 fully saturated rings. The van der Waals surface area contributed by atoms with Crippen molar-refractivity contribution in [3.05, 3.63) is 32.6 Å². The summed E-state index contributed by atoms with van der Waals surface area (Å²) >= 11 is 0. The van der Waals surface area contributed by atoms with Crippen LogP contribution in [0, 0.1) is 0 Å². The first-order valence-electron chi connectivity index (χ1n) is 5.75. The van der Waals surface area contributed by atoms with Gasteiger partial charge in [-0.2, -0.15) is 0 Å². The monoisotopic (exact) mass is 252 g/mol. The Balaban J connectivity index is 2.13. The van der Waals surface area contributed by atoms with Crippen molar-refractivity contribution in [2.24, 2.45) is 14.1 Å². The number of carbonyl (C=O) groups excluding carboxylic acids is 1. The molecule has 1 aliphatic heterocycles. The van der Waals surface area contributed by atoms with Crippen molar-refractivity contribution in [1.82, 2.24) is 19.8 Å². The van der Waals surface area contributed by atoms with E-state index in [9.17, 15) is 14.4 Å². The van der Waals surface area contributed by atoms with Gasteiger partial charge in [0.1, 0.15) is 0 Å². The van der Waals surface area contributed by atoms with E-state index in [0.29, 0.717) is 25.2 Å². The van der Waals surface area contributed by atoms with Crippen molar-refractivity contribution in [2.75, 3.05) is 6.54 Å². The molecule has 0 radical (unpaired) electrons. The molecule has 1 unspecified atom stereocenters. The van der Waals surface area contributed by atoms with Gasteiger partial charge in [-0.3, -0.25) is 18.7 Å². The molecule has 0 saturated carbocycles. The van der Waals surface area contributed by atoms with Crippen LogP contribution in [0.25, 0.3) is 0 Å². The molecule has 2 N–H and O–H groups in total. The highest BCUT2D eigenvalue weighted by molar-refractivity contribution is 5.78. The number of hydrogen-bond donors (Lipinski definition) is 2. The largest absolute Gasteiger partial charge is 0.354 e. The Morgan fingerprint density at radius 3 is 2.67 bits per heavy atom. The summed E-state index contributed by atoms with van der Waals surface area (Å²) < 4.78 is 2.49.